The molecule has 1 fully saturated rings. The molecule has 2 aliphatic heterocycles. The zero-order chi connectivity index (χ0) is 29.1. The normalized spacial score (nSPS) is 20.7. The van der Waals surface area contributed by atoms with Crippen molar-refractivity contribution in [1.82, 2.24) is 4.90 Å². The molecule has 7 heteroatoms. The van der Waals surface area contributed by atoms with Crippen molar-refractivity contribution in [2.24, 2.45) is 5.92 Å². The third kappa shape index (κ3) is 6.14. The molecule has 0 spiro atoms. The quantitative estimate of drug-likeness (QED) is 0.253. The van der Waals surface area contributed by atoms with Crippen LogP contribution in [0.25, 0.3) is 0 Å². The monoisotopic (exact) mass is 574 g/mol. The summed E-state index contributed by atoms with van der Waals surface area (Å²) in [5, 5.41) is 0.644. The molecular formula is C34H39ClN2O4. The van der Waals surface area contributed by atoms with Gasteiger partial charge in [-0.1, -0.05) is 42.8 Å². The molecular weight excluding hydrogens is 536 g/mol. The van der Waals surface area contributed by atoms with Crippen molar-refractivity contribution in [3.63, 3.8) is 0 Å². The maximum Gasteiger partial charge on any atom is 0.232 e. The second-order valence-corrected chi connectivity index (χ2v) is 11.7. The Hall–Kier alpha value is -3.35. The molecule has 0 N–H and O–H groups in total. The Morgan fingerprint density at radius 1 is 1.05 bits per heavy atom. The first-order chi connectivity index (χ1) is 19.8. The summed E-state index contributed by atoms with van der Waals surface area (Å²) in [7, 11) is 1.63. The number of carbonyl (C=O) groups excluding carboxylic acids is 2. The maximum absolute atomic E-state index is 13.8. The first-order valence-electron chi connectivity index (χ1n) is 14.6. The highest BCUT2D eigenvalue weighted by Gasteiger charge is 2.36. The molecule has 0 aliphatic carbocycles. The van der Waals surface area contributed by atoms with Crippen LogP contribution in [0.15, 0.2) is 60.7 Å². The average molecular weight is 575 g/mol. The van der Waals surface area contributed by atoms with Crippen molar-refractivity contribution in [2.75, 3.05) is 25.1 Å². The lowest BCUT2D eigenvalue weighted by Gasteiger charge is -2.39. The SMILES string of the molecule is CC[C@@H](C)Oc1cc2c(cc1OC)CC(=O)N(c1ccc(C(C)N3CCC[C@@H](C=O)C3)cc1)C2c1ccc(Cl)cc1. The number of nitrogens with zero attached hydrogens (tertiary/aromatic N) is 2. The minimum atomic E-state index is -0.354. The lowest BCUT2D eigenvalue weighted by atomic mass is 9.86. The number of rotatable bonds is 9. The van der Waals surface area contributed by atoms with Crippen LogP contribution >= 0.6 is 11.6 Å². The Balaban J connectivity index is 1.53. The van der Waals surface area contributed by atoms with Crippen LogP contribution in [-0.4, -0.2) is 43.4 Å². The van der Waals surface area contributed by atoms with Gasteiger partial charge in [0.25, 0.3) is 0 Å². The number of methoxy groups -OCH3 is 1. The van der Waals surface area contributed by atoms with Crippen LogP contribution in [0.1, 0.15) is 74.4 Å². The fourth-order valence-corrected chi connectivity index (χ4v) is 6.13. The van der Waals surface area contributed by atoms with Gasteiger partial charge in [0.1, 0.15) is 6.29 Å². The number of hydrogen-bond acceptors (Lipinski definition) is 5. The van der Waals surface area contributed by atoms with Gasteiger partial charge in [-0.15, -0.1) is 0 Å². The number of piperidine rings is 1. The number of benzene rings is 3. The maximum atomic E-state index is 13.8. The van der Waals surface area contributed by atoms with Crippen molar-refractivity contribution in [3.8, 4) is 11.5 Å². The van der Waals surface area contributed by atoms with Gasteiger partial charge in [0, 0.05) is 29.2 Å². The molecule has 0 aromatic heterocycles. The van der Waals surface area contributed by atoms with E-state index in [1.54, 1.807) is 7.11 Å². The predicted molar refractivity (Wildman–Crippen MR) is 163 cm³/mol. The van der Waals surface area contributed by atoms with Crippen molar-refractivity contribution in [3.05, 3.63) is 87.9 Å². The Morgan fingerprint density at radius 3 is 2.44 bits per heavy atom. The van der Waals surface area contributed by atoms with Crippen LogP contribution in [0.2, 0.25) is 5.02 Å². The third-order valence-corrected chi connectivity index (χ3v) is 8.81. The van der Waals surface area contributed by atoms with E-state index in [4.69, 9.17) is 21.1 Å². The second kappa shape index (κ2) is 12.7. The number of fused-ring (bicyclic) bond motifs is 1. The summed E-state index contributed by atoms with van der Waals surface area (Å²) in [6, 6.07) is 19.8. The lowest BCUT2D eigenvalue weighted by Crippen LogP contribution is -2.41. The first-order valence-corrected chi connectivity index (χ1v) is 14.9. The summed E-state index contributed by atoms with van der Waals surface area (Å²) in [6.45, 7) is 8.09. The smallest absolute Gasteiger partial charge is 0.232 e. The van der Waals surface area contributed by atoms with Crippen molar-refractivity contribution in [2.45, 2.75) is 64.6 Å². The Labute approximate surface area is 248 Å². The molecule has 0 saturated carbocycles. The molecule has 216 valence electrons. The minimum Gasteiger partial charge on any atom is -0.493 e. The van der Waals surface area contributed by atoms with E-state index < -0.39 is 0 Å². The van der Waals surface area contributed by atoms with E-state index in [9.17, 15) is 9.59 Å². The van der Waals surface area contributed by atoms with Gasteiger partial charge in [-0.25, -0.2) is 0 Å². The van der Waals surface area contributed by atoms with Crippen molar-refractivity contribution in [1.29, 1.82) is 0 Å². The first kappa shape index (κ1) is 29.2. The summed E-state index contributed by atoms with van der Waals surface area (Å²) < 4.78 is 11.9. The third-order valence-electron chi connectivity index (χ3n) is 8.56. The van der Waals surface area contributed by atoms with Gasteiger partial charge in [-0.2, -0.15) is 0 Å². The van der Waals surface area contributed by atoms with E-state index >= 15 is 0 Å². The molecule has 0 bridgehead atoms. The lowest BCUT2D eigenvalue weighted by molar-refractivity contribution is -0.118. The van der Waals surface area contributed by atoms with Gasteiger partial charge in [-0.05, 0) is 98.3 Å². The molecule has 0 radical (unpaired) electrons. The molecule has 2 heterocycles. The van der Waals surface area contributed by atoms with E-state index in [-0.39, 0.29) is 36.4 Å². The van der Waals surface area contributed by atoms with Crippen LogP contribution in [0.4, 0.5) is 5.69 Å². The van der Waals surface area contributed by atoms with Crippen LogP contribution in [0, 0.1) is 5.92 Å². The fraction of sp³-hybridized carbons (Fsp3) is 0.412. The van der Waals surface area contributed by atoms with Gasteiger partial charge in [0.15, 0.2) is 11.5 Å². The number of likely N-dealkylation sites (tertiary alicyclic amines) is 1. The number of hydrogen-bond donors (Lipinski definition) is 0. The number of halogens is 1. The number of anilines is 1. The van der Waals surface area contributed by atoms with Crippen LogP contribution < -0.4 is 14.4 Å². The fourth-order valence-electron chi connectivity index (χ4n) is 6.00. The van der Waals surface area contributed by atoms with Crippen molar-refractivity contribution >= 4 is 29.5 Å². The topological polar surface area (TPSA) is 59.1 Å². The molecule has 2 unspecified atom stereocenters. The number of ether oxygens (including phenoxy) is 2. The summed E-state index contributed by atoms with van der Waals surface area (Å²) >= 11 is 6.26. The average Bonchev–Trinajstić information content (AvgIpc) is 3.00. The highest BCUT2D eigenvalue weighted by atomic mass is 35.5. The standard InChI is InChI=1S/C34H39ClN2O4/c1-5-22(2)41-32-19-30-27(17-31(32)40-4)18-33(39)37(34(30)26-8-12-28(35)13-9-26)29-14-10-25(11-15-29)23(3)36-16-6-7-24(20-36)21-38/h8-15,17,19,21-24,34H,5-7,16,18,20H2,1-4H3/t22-,23?,24-,34?/m1/s1. The van der Waals surface area contributed by atoms with Gasteiger partial charge in [-0.3, -0.25) is 9.69 Å². The number of amides is 1. The van der Waals surface area contributed by atoms with Gasteiger partial charge < -0.3 is 19.2 Å². The summed E-state index contributed by atoms with van der Waals surface area (Å²) in [5.74, 6) is 1.42. The Morgan fingerprint density at radius 2 is 1.78 bits per heavy atom. The molecule has 41 heavy (non-hydrogen) atoms. The van der Waals surface area contributed by atoms with Crippen LogP contribution in [-0.2, 0) is 16.0 Å². The summed E-state index contributed by atoms with van der Waals surface area (Å²) in [5.41, 5.74) is 4.91. The highest BCUT2D eigenvalue weighted by molar-refractivity contribution is 6.30. The minimum absolute atomic E-state index is 0.0146. The predicted octanol–water partition coefficient (Wildman–Crippen LogP) is 7.18. The summed E-state index contributed by atoms with van der Waals surface area (Å²) in [4.78, 5) is 29.5. The van der Waals surface area contributed by atoms with Gasteiger partial charge in [0.2, 0.25) is 5.91 Å². The Bertz CT molecular complexity index is 1370. The van der Waals surface area contributed by atoms with Gasteiger partial charge >= 0.3 is 0 Å². The zero-order valence-electron chi connectivity index (χ0n) is 24.3. The van der Waals surface area contributed by atoms with Gasteiger partial charge in [0.05, 0.1) is 25.7 Å². The molecule has 2 aliphatic rings. The van der Waals surface area contributed by atoms with E-state index in [1.165, 1.54) is 5.56 Å². The molecule has 3 aromatic rings. The van der Waals surface area contributed by atoms with E-state index in [0.29, 0.717) is 16.5 Å². The Kier molecular flexibility index (Phi) is 9.00. The molecule has 1 saturated heterocycles. The van der Waals surface area contributed by atoms with E-state index in [2.05, 4.69) is 30.9 Å². The zero-order valence-corrected chi connectivity index (χ0v) is 25.1. The van der Waals surface area contributed by atoms with Crippen LogP contribution in [0.5, 0.6) is 11.5 Å². The molecule has 6 nitrogen and oxygen atoms in total. The van der Waals surface area contributed by atoms with E-state index in [0.717, 1.165) is 61.0 Å². The molecule has 5 rings (SSSR count). The van der Waals surface area contributed by atoms with E-state index in [1.807, 2.05) is 60.4 Å². The summed E-state index contributed by atoms with van der Waals surface area (Å²) in [6.07, 6.45) is 4.24. The second-order valence-electron chi connectivity index (χ2n) is 11.2. The number of carbonyl (C=O) groups is 2. The molecule has 4 atom stereocenters. The highest BCUT2D eigenvalue weighted by Crippen LogP contribution is 2.44. The van der Waals surface area contributed by atoms with Crippen molar-refractivity contribution < 1.29 is 19.1 Å². The number of aldehydes is 1. The van der Waals surface area contributed by atoms with Crippen LogP contribution in [0.3, 0.4) is 0 Å². The largest absolute Gasteiger partial charge is 0.493 e. The molecule has 1 amide bonds. The molecule has 3 aromatic carbocycles.